The van der Waals surface area contributed by atoms with Crippen LogP contribution >= 0.6 is 11.6 Å². The number of carbonyl (C=O) groups is 3. The van der Waals surface area contributed by atoms with E-state index in [0.29, 0.717) is 15.7 Å². The lowest BCUT2D eigenvalue weighted by Crippen LogP contribution is -2.26. The van der Waals surface area contributed by atoms with Crippen LogP contribution in [0.2, 0.25) is 5.02 Å². The summed E-state index contributed by atoms with van der Waals surface area (Å²) in [5.41, 5.74) is -0.118. The number of aliphatic hydroxyl groups excluding tert-OH is 1. The van der Waals surface area contributed by atoms with E-state index >= 15 is 0 Å². The number of esters is 1. The Labute approximate surface area is 211 Å². The minimum Gasteiger partial charge on any atom is -0.476 e. The van der Waals surface area contributed by atoms with Crippen molar-refractivity contribution in [2.45, 2.75) is 26.3 Å². The van der Waals surface area contributed by atoms with Gasteiger partial charge in [-0.15, -0.1) is 9.94 Å². The highest BCUT2D eigenvalue weighted by Gasteiger charge is 2.29. The third kappa shape index (κ3) is 9.77. The maximum absolute atomic E-state index is 11.8. The van der Waals surface area contributed by atoms with Gasteiger partial charge in [0.2, 0.25) is 12.5 Å². The van der Waals surface area contributed by atoms with E-state index in [1.54, 1.807) is 13.0 Å². The number of hydrogen-bond acceptors (Lipinski definition) is 9. The van der Waals surface area contributed by atoms with Crippen LogP contribution in [0.15, 0.2) is 36.7 Å². The van der Waals surface area contributed by atoms with E-state index in [1.165, 1.54) is 24.4 Å². The highest BCUT2D eigenvalue weighted by Crippen LogP contribution is 2.13. The molecule has 17 heteroatoms. The Hall–Kier alpha value is -4.18. The number of carboxylic acids is 1. The number of rotatable bonds is 9. The molecule has 0 bridgehead atoms. The van der Waals surface area contributed by atoms with Gasteiger partial charge in [-0.05, 0) is 31.2 Å². The Bertz CT molecular complexity index is 1210. The van der Waals surface area contributed by atoms with E-state index < -0.39 is 37.2 Å². The van der Waals surface area contributed by atoms with Crippen molar-refractivity contribution in [1.29, 1.82) is 0 Å². The predicted octanol–water partition coefficient (Wildman–Crippen LogP) is 1.81. The number of carboxylic acid groups (broad SMARTS) is 1. The largest absolute Gasteiger partial charge is 0.476 e. The number of carbonyl (C=O) groups excluding carboxylic acids is 2. The summed E-state index contributed by atoms with van der Waals surface area (Å²) in [6.07, 6.45) is -1.97. The molecule has 3 heterocycles. The molecule has 3 rings (SSSR count). The number of anilines is 1. The predicted molar refractivity (Wildman–Crippen MR) is 119 cm³/mol. The van der Waals surface area contributed by atoms with Crippen molar-refractivity contribution in [2.75, 3.05) is 18.5 Å². The SMILES string of the molecule is CCOC(=O)c1ccn(OCC(F)(F)F)n1.O=C(Cn1nc(C(=O)O)cc1CO)Nc1ccc(Cl)cn1. The highest BCUT2D eigenvalue weighted by molar-refractivity contribution is 6.30. The molecule has 0 aliphatic carbocycles. The third-order valence-corrected chi connectivity index (χ3v) is 4.17. The van der Waals surface area contributed by atoms with Crippen LogP contribution in [0.1, 0.15) is 33.6 Å². The summed E-state index contributed by atoms with van der Waals surface area (Å²) < 4.78 is 41.0. The molecule has 37 heavy (non-hydrogen) atoms. The first-order chi connectivity index (χ1) is 17.4. The number of alkyl halides is 3. The lowest BCUT2D eigenvalue weighted by Gasteiger charge is -2.07. The van der Waals surface area contributed by atoms with Crippen LogP contribution in [0.3, 0.4) is 0 Å². The molecule has 3 aromatic rings. The summed E-state index contributed by atoms with van der Waals surface area (Å²) in [4.78, 5) is 42.5. The molecule has 0 radical (unpaired) electrons. The van der Waals surface area contributed by atoms with Crippen LogP contribution in [0.4, 0.5) is 19.0 Å². The van der Waals surface area contributed by atoms with Crippen LogP contribution in [-0.2, 0) is 22.7 Å². The molecule has 3 N–H and O–H groups in total. The number of aliphatic hydroxyl groups is 1. The van der Waals surface area contributed by atoms with Crippen molar-refractivity contribution < 1.29 is 47.3 Å². The first kappa shape index (κ1) is 29.1. The number of hydrogen-bond donors (Lipinski definition) is 3. The summed E-state index contributed by atoms with van der Waals surface area (Å²) in [6, 6.07) is 5.50. The normalized spacial score (nSPS) is 10.8. The van der Waals surface area contributed by atoms with Crippen LogP contribution in [-0.4, -0.2) is 72.2 Å². The summed E-state index contributed by atoms with van der Waals surface area (Å²) in [5, 5.41) is 28.1. The molecular formula is C20H20ClF3N6O7. The highest BCUT2D eigenvalue weighted by atomic mass is 35.5. The number of nitrogens with one attached hydrogen (secondary N) is 1. The molecule has 0 saturated heterocycles. The maximum Gasteiger partial charge on any atom is 0.425 e. The average Bonchev–Trinajstić information content (AvgIpc) is 3.47. The first-order valence-electron chi connectivity index (χ1n) is 10.2. The average molecular weight is 549 g/mol. The third-order valence-electron chi connectivity index (χ3n) is 3.94. The minimum atomic E-state index is -4.45. The second-order valence-corrected chi connectivity index (χ2v) is 7.20. The fourth-order valence-corrected chi connectivity index (χ4v) is 2.54. The van der Waals surface area contributed by atoms with E-state index in [9.17, 15) is 27.6 Å². The molecule has 0 aliphatic rings. The van der Waals surface area contributed by atoms with Gasteiger partial charge < -0.3 is 25.1 Å². The second-order valence-electron chi connectivity index (χ2n) is 6.76. The summed E-state index contributed by atoms with van der Waals surface area (Å²) in [7, 11) is 0. The molecule has 13 nitrogen and oxygen atoms in total. The lowest BCUT2D eigenvalue weighted by atomic mass is 10.3. The zero-order chi connectivity index (χ0) is 27.6. The lowest BCUT2D eigenvalue weighted by molar-refractivity contribution is -0.178. The van der Waals surface area contributed by atoms with E-state index in [2.05, 4.69) is 30.1 Å². The van der Waals surface area contributed by atoms with Crippen LogP contribution in [0.5, 0.6) is 0 Å². The van der Waals surface area contributed by atoms with Crippen molar-refractivity contribution in [1.82, 2.24) is 24.7 Å². The molecule has 0 atom stereocenters. The zero-order valence-electron chi connectivity index (χ0n) is 19.0. The van der Waals surface area contributed by atoms with Gasteiger partial charge >= 0.3 is 18.1 Å². The number of aromatic nitrogens is 5. The number of nitrogens with zero attached hydrogens (tertiary/aromatic N) is 5. The quantitative estimate of drug-likeness (QED) is 0.335. The summed E-state index contributed by atoms with van der Waals surface area (Å²) >= 11 is 5.68. The Morgan fingerprint density at radius 1 is 1.16 bits per heavy atom. The molecule has 0 aliphatic heterocycles. The van der Waals surface area contributed by atoms with Crippen LogP contribution in [0.25, 0.3) is 0 Å². The number of halogens is 4. The Kier molecular flexibility index (Phi) is 10.4. The van der Waals surface area contributed by atoms with Gasteiger partial charge in [0, 0.05) is 6.20 Å². The number of pyridine rings is 1. The summed E-state index contributed by atoms with van der Waals surface area (Å²) in [6.45, 7) is -0.374. The van der Waals surface area contributed by atoms with Gasteiger partial charge in [-0.3, -0.25) is 9.48 Å². The van der Waals surface area contributed by atoms with Gasteiger partial charge in [0.1, 0.15) is 12.4 Å². The molecule has 0 saturated carbocycles. The van der Waals surface area contributed by atoms with Crippen LogP contribution < -0.4 is 10.2 Å². The zero-order valence-corrected chi connectivity index (χ0v) is 19.7. The fourth-order valence-electron chi connectivity index (χ4n) is 2.42. The maximum atomic E-state index is 11.8. The van der Waals surface area contributed by atoms with E-state index in [-0.39, 0.29) is 30.2 Å². The molecule has 200 valence electrons. The van der Waals surface area contributed by atoms with Gasteiger partial charge in [0.15, 0.2) is 11.4 Å². The van der Waals surface area contributed by atoms with E-state index in [0.717, 1.165) is 10.9 Å². The first-order valence-corrected chi connectivity index (χ1v) is 10.5. The number of ether oxygens (including phenoxy) is 1. The Balaban J connectivity index is 0.000000271. The van der Waals surface area contributed by atoms with Gasteiger partial charge in [-0.25, -0.2) is 14.6 Å². The van der Waals surface area contributed by atoms with Crippen molar-refractivity contribution in [3.05, 3.63) is 58.8 Å². The molecule has 0 unspecified atom stereocenters. The van der Waals surface area contributed by atoms with E-state index in [4.69, 9.17) is 21.8 Å². The van der Waals surface area contributed by atoms with Crippen molar-refractivity contribution >= 4 is 35.3 Å². The summed E-state index contributed by atoms with van der Waals surface area (Å²) in [5.74, 6) is -2.10. The molecule has 1 amide bonds. The van der Waals surface area contributed by atoms with Crippen molar-refractivity contribution in [3.63, 3.8) is 0 Å². The van der Waals surface area contributed by atoms with Gasteiger partial charge in [0.25, 0.3) is 0 Å². The Morgan fingerprint density at radius 3 is 2.46 bits per heavy atom. The fraction of sp³-hybridized carbons (Fsp3) is 0.300. The smallest absolute Gasteiger partial charge is 0.425 e. The van der Waals surface area contributed by atoms with Crippen LogP contribution in [0, 0.1) is 0 Å². The molecule has 0 aromatic carbocycles. The van der Waals surface area contributed by atoms with Gasteiger partial charge in [-0.1, -0.05) is 11.6 Å². The molecule has 0 fully saturated rings. The minimum absolute atomic E-state index is 0.107. The second kappa shape index (κ2) is 13.2. The van der Waals surface area contributed by atoms with Crippen molar-refractivity contribution in [3.8, 4) is 0 Å². The van der Waals surface area contributed by atoms with Gasteiger partial charge in [-0.2, -0.15) is 18.3 Å². The van der Waals surface area contributed by atoms with E-state index in [1.807, 2.05) is 0 Å². The van der Waals surface area contributed by atoms with Gasteiger partial charge in [0.05, 0.1) is 30.1 Å². The molecular weight excluding hydrogens is 529 g/mol. The topological polar surface area (TPSA) is 171 Å². The Morgan fingerprint density at radius 2 is 1.89 bits per heavy atom. The monoisotopic (exact) mass is 548 g/mol. The van der Waals surface area contributed by atoms with Crippen molar-refractivity contribution in [2.24, 2.45) is 0 Å². The standard InChI is InChI=1S/C12H11ClN4O4.C8H9F3N2O3/c13-7-1-2-10(14-4-7)15-11(19)5-17-8(6-18)3-9(16-17)12(20)21;1-2-15-7(14)6-3-4-13(12-6)16-5-8(9,10)11/h1-4,18H,5-6H2,(H,20,21)(H,14,15,19);3-4H,2,5H2,1H3. The number of aromatic carboxylic acids is 1. The molecule has 0 spiro atoms. The number of amides is 1. The molecule has 3 aromatic heterocycles.